The lowest BCUT2D eigenvalue weighted by molar-refractivity contribution is 0.361. The van der Waals surface area contributed by atoms with Crippen LogP contribution in [-0.4, -0.2) is 27.7 Å². The van der Waals surface area contributed by atoms with Crippen molar-refractivity contribution in [1.29, 1.82) is 0 Å². The summed E-state index contributed by atoms with van der Waals surface area (Å²) in [6, 6.07) is 6.36. The van der Waals surface area contributed by atoms with Crippen molar-refractivity contribution in [3.05, 3.63) is 29.3 Å². The molecule has 0 aliphatic heterocycles. The molecule has 0 spiro atoms. The summed E-state index contributed by atoms with van der Waals surface area (Å²) in [5.74, 6) is 0.440. The monoisotopic (exact) mass is 447 g/mol. The van der Waals surface area contributed by atoms with Crippen molar-refractivity contribution in [2.75, 3.05) is 18.1 Å². The van der Waals surface area contributed by atoms with E-state index in [0.717, 1.165) is 37.8 Å². The molecule has 2 aliphatic rings. The van der Waals surface area contributed by atoms with Crippen molar-refractivity contribution in [2.45, 2.75) is 49.7 Å². The first-order valence-electron chi connectivity index (χ1n) is 8.12. The van der Waals surface area contributed by atoms with E-state index < -0.39 is 10.8 Å². The second-order valence-corrected chi connectivity index (χ2v) is 8.24. The lowest BCUT2D eigenvalue weighted by atomic mass is 9.84. The van der Waals surface area contributed by atoms with Crippen LogP contribution in [0.4, 0.5) is 5.69 Å². The molecule has 4 nitrogen and oxygen atoms in total. The Labute approximate surface area is 158 Å². The fraction of sp³-hybridized carbons (Fsp3) is 0.588. The molecule has 6 heteroatoms. The van der Waals surface area contributed by atoms with Crippen LogP contribution in [0.15, 0.2) is 23.2 Å². The number of halogens is 1. The largest absolute Gasteiger partial charge is 0.370 e. The van der Waals surface area contributed by atoms with E-state index in [0.29, 0.717) is 12.5 Å². The Morgan fingerprint density at radius 3 is 2.70 bits per heavy atom. The number of nitrogens with one attached hydrogen (secondary N) is 1. The summed E-state index contributed by atoms with van der Waals surface area (Å²) in [6.07, 6.45) is 9.68. The van der Waals surface area contributed by atoms with E-state index in [1.165, 1.54) is 24.0 Å². The fourth-order valence-corrected chi connectivity index (χ4v) is 4.52. The van der Waals surface area contributed by atoms with Crippen LogP contribution in [0.2, 0.25) is 0 Å². The van der Waals surface area contributed by atoms with E-state index in [9.17, 15) is 4.21 Å². The molecule has 0 amide bonds. The summed E-state index contributed by atoms with van der Waals surface area (Å²) in [7, 11) is -0.837. The molecule has 1 aromatic rings. The topological polar surface area (TPSA) is 67.5 Å². The van der Waals surface area contributed by atoms with E-state index in [1.54, 1.807) is 6.26 Å². The smallest absolute Gasteiger partial charge is 0.193 e. The van der Waals surface area contributed by atoms with Crippen LogP contribution in [0.1, 0.15) is 43.2 Å². The second kappa shape index (κ2) is 7.96. The molecule has 1 saturated carbocycles. The highest BCUT2D eigenvalue weighted by Crippen LogP contribution is 2.37. The minimum atomic E-state index is -0.837. The number of aliphatic imine (C=N–C) groups is 1. The Kier molecular flexibility index (Phi) is 6.48. The molecule has 1 fully saturated rings. The Hall–Kier alpha value is -0.630. The molecule has 0 saturated heterocycles. The lowest BCUT2D eigenvalue weighted by Crippen LogP contribution is -2.45. The highest BCUT2D eigenvalue weighted by Gasteiger charge is 2.40. The van der Waals surface area contributed by atoms with Gasteiger partial charge in [0.05, 0.1) is 11.3 Å². The van der Waals surface area contributed by atoms with E-state index in [-0.39, 0.29) is 28.7 Å². The third kappa shape index (κ3) is 4.07. The van der Waals surface area contributed by atoms with Gasteiger partial charge in [0.1, 0.15) is 0 Å². The molecule has 3 rings (SSSR count). The van der Waals surface area contributed by atoms with Crippen molar-refractivity contribution in [2.24, 2.45) is 10.7 Å². The summed E-state index contributed by atoms with van der Waals surface area (Å²) in [4.78, 5) is 4.47. The van der Waals surface area contributed by atoms with Gasteiger partial charge < -0.3 is 11.1 Å². The molecule has 0 bridgehead atoms. The van der Waals surface area contributed by atoms with Gasteiger partial charge >= 0.3 is 0 Å². The Bertz CT molecular complexity index is 614. The predicted molar refractivity (Wildman–Crippen MR) is 109 cm³/mol. The van der Waals surface area contributed by atoms with Gasteiger partial charge in [-0.1, -0.05) is 18.6 Å². The molecular formula is C17H26IN3OS. The maximum Gasteiger partial charge on any atom is 0.193 e. The van der Waals surface area contributed by atoms with Crippen LogP contribution in [-0.2, 0) is 23.6 Å². The van der Waals surface area contributed by atoms with E-state index in [4.69, 9.17) is 5.73 Å². The highest BCUT2D eigenvalue weighted by molar-refractivity contribution is 14.0. The van der Waals surface area contributed by atoms with Crippen LogP contribution in [0, 0.1) is 0 Å². The van der Waals surface area contributed by atoms with Gasteiger partial charge in [0, 0.05) is 22.7 Å². The number of guanidine groups is 1. The van der Waals surface area contributed by atoms with Gasteiger partial charge in [-0.05, 0) is 55.7 Å². The molecule has 1 aromatic carbocycles. The van der Waals surface area contributed by atoms with Gasteiger partial charge in [0.25, 0.3) is 0 Å². The number of anilines is 1. The number of hydrogen-bond donors (Lipinski definition) is 2. The quantitative estimate of drug-likeness (QED) is 0.423. The third-order valence-corrected chi connectivity index (χ3v) is 6.83. The molecule has 128 valence electrons. The number of benzene rings is 1. The van der Waals surface area contributed by atoms with Crippen molar-refractivity contribution in [1.82, 2.24) is 0 Å². The Morgan fingerprint density at radius 2 is 2.04 bits per heavy atom. The highest BCUT2D eigenvalue weighted by atomic mass is 127. The number of rotatable bonds is 4. The van der Waals surface area contributed by atoms with Gasteiger partial charge in [-0.25, -0.2) is 0 Å². The van der Waals surface area contributed by atoms with Crippen LogP contribution in [0.3, 0.4) is 0 Å². The molecule has 23 heavy (non-hydrogen) atoms. The first kappa shape index (κ1) is 18.7. The average Bonchev–Trinajstić information content (AvgIpc) is 2.46. The van der Waals surface area contributed by atoms with E-state index >= 15 is 0 Å². The summed E-state index contributed by atoms with van der Waals surface area (Å²) >= 11 is 0. The molecule has 1 atom stereocenters. The normalized spacial score (nSPS) is 20.7. The van der Waals surface area contributed by atoms with Crippen LogP contribution in [0.25, 0.3) is 0 Å². The maximum atomic E-state index is 11.9. The van der Waals surface area contributed by atoms with Gasteiger partial charge in [-0.15, -0.1) is 24.0 Å². The van der Waals surface area contributed by atoms with E-state index in [2.05, 4.69) is 28.5 Å². The first-order chi connectivity index (χ1) is 10.6. The van der Waals surface area contributed by atoms with Crippen molar-refractivity contribution in [3.8, 4) is 0 Å². The van der Waals surface area contributed by atoms with Gasteiger partial charge in [-0.2, -0.15) is 0 Å². The zero-order valence-corrected chi connectivity index (χ0v) is 16.8. The Morgan fingerprint density at radius 1 is 1.30 bits per heavy atom. The SMILES string of the molecule is CS(=O)C1(CN=C(N)Nc2cccc3c2CCCC3)CCC1.I. The van der Waals surface area contributed by atoms with Crippen molar-refractivity contribution < 1.29 is 4.21 Å². The van der Waals surface area contributed by atoms with Crippen LogP contribution < -0.4 is 11.1 Å². The minimum Gasteiger partial charge on any atom is -0.370 e. The zero-order chi connectivity index (χ0) is 15.6. The lowest BCUT2D eigenvalue weighted by Gasteiger charge is -2.38. The zero-order valence-electron chi connectivity index (χ0n) is 13.6. The summed E-state index contributed by atoms with van der Waals surface area (Å²) in [6.45, 7) is 0.559. The number of fused-ring (bicyclic) bond motifs is 1. The van der Waals surface area contributed by atoms with Crippen molar-refractivity contribution >= 4 is 46.4 Å². The number of hydrogen-bond acceptors (Lipinski definition) is 2. The third-order valence-electron chi connectivity index (χ3n) is 5.07. The summed E-state index contributed by atoms with van der Waals surface area (Å²) in [5, 5.41) is 3.26. The van der Waals surface area contributed by atoms with E-state index in [1.807, 2.05) is 0 Å². The predicted octanol–water partition coefficient (Wildman–Crippen LogP) is 3.21. The first-order valence-corrected chi connectivity index (χ1v) is 9.68. The Balaban J connectivity index is 0.00000192. The number of aryl methyl sites for hydroxylation is 1. The molecule has 3 N–H and O–H groups in total. The molecular weight excluding hydrogens is 421 g/mol. The van der Waals surface area contributed by atoms with Crippen LogP contribution in [0.5, 0.6) is 0 Å². The number of nitrogens with two attached hydrogens (primary N) is 1. The molecule has 0 heterocycles. The standard InChI is InChI=1S/C17H25N3OS.HI/c1-22(21)17(10-5-11-17)12-19-16(18)20-15-9-4-7-13-6-2-3-8-14(13)15;/h4,7,9H,2-3,5-6,8,10-12H2,1H3,(H3,18,19,20);1H. The van der Waals surface area contributed by atoms with Gasteiger partial charge in [-0.3, -0.25) is 9.20 Å². The maximum absolute atomic E-state index is 11.9. The van der Waals surface area contributed by atoms with Gasteiger partial charge in [0.15, 0.2) is 5.96 Å². The molecule has 2 aliphatic carbocycles. The summed E-state index contributed by atoms with van der Waals surface area (Å²) < 4.78 is 11.8. The molecule has 1 unspecified atom stereocenters. The number of nitrogens with zero attached hydrogens (tertiary/aromatic N) is 1. The molecule has 0 radical (unpaired) electrons. The fourth-order valence-electron chi connectivity index (χ4n) is 3.41. The summed E-state index contributed by atoms with van der Waals surface area (Å²) in [5.41, 5.74) is 9.95. The van der Waals surface area contributed by atoms with Crippen molar-refractivity contribution in [3.63, 3.8) is 0 Å². The molecule has 0 aromatic heterocycles. The average molecular weight is 447 g/mol. The second-order valence-electron chi connectivity index (χ2n) is 6.47. The van der Waals surface area contributed by atoms with Gasteiger partial charge in [0.2, 0.25) is 0 Å². The minimum absolute atomic E-state index is 0. The van der Waals surface area contributed by atoms with Crippen LogP contribution >= 0.6 is 24.0 Å².